The Morgan fingerprint density at radius 3 is 0.965 bits per heavy atom. The molecule has 0 spiro atoms. The fourth-order valence-electron chi connectivity index (χ4n) is 19.1. The van der Waals surface area contributed by atoms with Crippen LogP contribution in [0.1, 0.15) is 231 Å². The Labute approximate surface area is 878 Å². The predicted molar refractivity (Wildman–Crippen MR) is 589 cm³/mol. The second-order valence-electron chi connectivity index (χ2n) is 43.2. The van der Waals surface area contributed by atoms with Crippen LogP contribution >= 0.6 is 79.4 Å². The van der Waals surface area contributed by atoms with Crippen molar-refractivity contribution in [2.24, 2.45) is 45.3 Å². The van der Waals surface area contributed by atoms with Gasteiger partial charge in [0.05, 0.1) is 85.7 Å². The average Bonchev–Trinajstić information content (AvgIpc) is 1.61. The molecule has 5 aliphatic rings. The van der Waals surface area contributed by atoms with Crippen molar-refractivity contribution >= 4 is 132 Å². The molecule has 0 radical (unpaired) electrons. The minimum atomic E-state index is -0.648. The number of benzene rings is 4. The highest BCUT2D eigenvalue weighted by Gasteiger charge is 2.50. The van der Waals surface area contributed by atoms with Crippen molar-refractivity contribution in [2.75, 3.05) is 54.4 Å². The molecule has 0 bridgehead atoms. The first-order chi connectivity index (χ1) is 68.2. The first-order valence-electron chi connectivity index (χ1n) is 50.1. The van der Waals surface area contributed by atoms with Gasteiger partial charge in [-0.3, -0.25) is 38.4 Å². The Kier molecular flexibility index (Phi) is 36.8. The van der Waals surface area contributed by atoms with Crippen LogP contribution in [-0.4, -0.2) is 189 Å². The third-order valence-corrected chi connectivity index (χ3v) is 34.8. The van der Waals surface area contributed by atoms with Crippen molar-refractivity contribution < 1.29 is 42.7 Å². The maximum atomic E-state index is 13.9. The summed E-state index contributed by atoms with van der Waals surface area (Å²) >= 11 is 11.4. The first-order valence-corrected chi connectivity index (χ1v) is 56.3. The minimum Gasteiger partial charge on any atom is -0.342 e. The summed E-state index contributed by atoms with van der Waals surface area (Å²) in [7, 11) is 6.96. The number of rotatable bonds is 27. The minimum absolute atomic E-state index is 0.0271. The maximum Gasteiger partial charge on any atom is 0.246 e. The summed E-state index contributed by atoms with van der Waals surface area (Å²) in [5.41, 5.74) is 13.7. The Bertz CT molecular complexity index is 6300. The molecule has 144 heavy (non-hydrogen) atoms. The standard InChI is InChI=1S/C29H38N4O2S2.C28H35FN4O2S2.C28H36N4O2S2.C27H36N4O2S/c1-17-9-8-10-20(15-17)21-12-14-36-24(21)22-16-37-27(31-22)23-18(2)11-13-33(23)28(35)25(29(4,5)6)32-26(34)19(3)30-7;1-16-11-13-33(27(35)24(28(3,4)5)32-25(34)17(2)30-6)22(16)26-31-21(15-37-26)23-20(12-14-36-23)18-7-9-19(29)10-8-18;1-17-12-14-32(27(34)24(28(3,4)5)31-25(33)18(2)29-6)22(17)26-30-21(16-36-26)23-20(13-15-35-23)19-10-8-7-9-11-19;1-16-13-14-31(26(33)23(27(3,4)5)30-24(32)17(2)28-6)22(16)25-29-21(15-34-25)20-12-11-18-9-7-8-10-19(18)20/h8-10,12,14-16,18-19,23,25,30H,11,13H2,1-7H3,(H,32,34);7-10,12,14-17,22,24,30H,11,13H2,1-6H3,(H,32,34);7-11,13,15-18,22,24,29H,12,14H2,1-6H3,(H,31,33);7-10,12,15-17,22-23,28H,11,13-14H2,1-6H3,(H,30,32)/t18-,19-,23-,25+;16-,17-,22-,24+;17-,18-,22-,24+;16-,17-,22-,23+/m0000/s1. The molecule has 24 nitrogen and oxygen atoms in total. The van der Waals surface area contributed by atoms with Gasteiger partial charge < -0.3 is 62.1 Å². The normalized spacial score (nSPS) is 20.1. The number of allylic oxidation sites excluding steroid dienone is 1. The average molecular weight is 2090 g/mol. The van der Waals surface area contributed by atoms with Crippen molar-refractivity contribution in [1.82, 2.24) is 82.1 Å². The number of likely N-dealkylation sites (N-methyl/N-ethyl adjacent to an activating group) is 4. The van der Waals surface area contributed by atoms with E-state index in [9.17, 15) is 42.7 Å². The summed E-state index contributed by atoms with van der Waals surface area (Å²) in [5, 5.41) is 42.3. The fraction of sp³-hybridized carbons (Fsp3) is 0.482. The molecule has 770 valence electrons. The Balaban J connectivity index is 0.000000161. The number of likely N-dealkylation sites (tertiary alicyclic amines) is 4. The summed E-state index contributed by atoms with van der Waals surface area (Å²) in [6.45, 7) is 44.6. The van der Waals surface area contributed by atoms with Gasteiger partial charge >= 0.3 is 0 Å². The van der Waals surface area contributed by atoms with Gasteiger partial charge in [-0.1, -0.05) is 213 Å². The molecular formula is C112H145FN16O8S7. The molecule has 16 atom stereocenters. The summed E-state index contributed by atoms with van der Waals surface area (Å²) < 4.78 is 13.5. The van der Waals surface area contributed by atoms with Gasteiger partial charge in [-0.05, 0) is 215 Å². The maximum absolute atomic E-state index is 13.9. The van der Waals surface area contributed by atoms with Crippen LogP contribution < -0.4 is 42.5 Å². The zero-order valence-corrected chi connectivity index (χ0v) is 93.6. The number of fused-ring (bicyclic) bond motifs is 1. The van der Waals surface area contributed by atoms with Crippen molar-refractivity contribution in [2.45, 2.75) is 250 Å². The van der Waals surface area contributed by atoms with Gasteiger partial charge in [0.15, 0.2) is 0 Å². The summed E-state index contributed by atoms with van der Waals surface area (Å²) in [4.78, 5) is 138. The number of hydrogen-bond acceptors (Lipinski definition) is 23. The van der Waals surface area contributed by atoms with E-state index >= 15 is 0 Å². The molecule has 4 aromatic carbocycles. The smallest absolute Gasteiger partial charge is 0.246 e. The molecule has 32 heteroatoms. The highest BCUT2D eigenvalue weighted by atomic mass is 32.1. The largest absolute Gasteiger partial charge is 0.342 e. The van der Waals surface area contributed by atoms with E-state index in [4.69, 9.17) is 19.9 Å². The van der Waals surface area contributed by atoms with Crippen LogP contribution in [-0.2, 0) is 44.8 Å². The van der Waals surface area contributed by atoms with Crippen LogP contribution in [0.2, 0.25) is 0 Å². The van der Waals surface area contributed by atoms with E-state index < -0.39 is 51.9 Å². The van der Waals surface area contributed by atoms with Gasteiger partial charge in [0, 0.05) is 70.0 Å². The van der Waals surface area contributed by atoms with Crippen molar-refractivity contribution in [3.05, 3.63) is 213 Å². The molecule has 1 aliphatic carbocycles. The number of thiophene rings is 3. The molecule has 0 unspecified atom stereocenters. The Morgan fingerprint density at radius 1 is 0.354 bits per heavy atom. The van der Waals surface area contributed by atoms with E-state index in [1.54, 1.807) is 147 Å². The lowest BCUT2D eigenvalue weighted by atomic mass is 9.85. The van der Waals surface area contributed by atoms with Crippen LogP contribution in [0.4, 0.5) is 4.39 Å². The molecule has 11 aromatic rings. The molecule has 4 fully saturated rings. The molecular weight excluding hydrogens is 1940 g/mol. The lowest BCUT2D eigenvalue weighted by molar-refractivity contribution is -0.141. The summed E-state index contributed by atoms with van der Waals surface area (Å²) in [5.74, 6) is 0.00176. The highest BCUT2D eigenvalue weighted by molar-refractivity contribution is 7.16. The number of nitrogens with zero attached hydrogens (tertiary/aromatic N) is 8. The molecule has 4 aliphatic heterocycles. The SMILES string of the molecule is CN[C@@H](C)C(=O)N[C@H](C(=O)N1CC[C@H](C)[C@H]1c1nc(-c2sccc2-c2ccc(F)cc2)cs1)C(C)(C)C.CN[C@@H](C)C(=O)N[C@H](C(=O)N1CC[C@H](C)[C@H]1c1nc(-c2sccc2-c2cccc(C)c2)cs1)C(C)(C)C.CN[C@@H](C)C(=O)N[C@H](C(=O)N1CC[C@H](C)[C@H]1c1nc(-c2sccc2-c2ccccc2)cs1)C(C)(C)C.CN[C@@H](C)C(=O)N[C@H](C(=O)N1CC[C@H](C)[C@H]1c1nc(C2=CCc3ccccc32)cs1)C(C)(C)C. The topological polar surface area (TPSA) is 297 Å². The number of hydrogen-bond donors (Lipinski definition) is 8. The number of aryl methyl sites for hydroxylation is 1. The van der Waals surface area contributed by atoms with Crippen molar-refractivity contribution in [3.63, 3.8) is 0 Å². The third-order valence-electron chi connectivity index (χ3n) is 28.3. The number of carbonyl (C=O) groups excluding carboxylic acids is 8. The summed E-state index contributed by atoms with van der Waals surface area (Å²) in [6.07, 6.45) is 6.81. The second-order valence-corrected chi connectivity index (χ2v) is 49.5. The van der Waals surface area contributed by atoms with Gasteiger partial charge in [-0.25, -0.2) is 24.3 Å². The Morgan fingerprint density at radius 2 is 0.646 bits per heavy atom. The van der Waals surface area contributed by atoms with E-state index in [0.29, 0.717) is 32.1 Å². The van der Waals surface area contributed by atoms with Gasteiger partial charge in [-0.2, -0.15) is 0 Å². The molecule has 8 amide bonds. The second kappa shape index (κ2) is 47.7. The fourth-order valence-corrected chi connectivity index (χ4v) is 26.1. The zero-order valence-electron chi connectivity index (χ0n) is 87.8. The van der Waals surface area contributed by atoms with Crippen molar-refractivity contribution in [1.29, 1.82) is 0 Å². The lowest BCUT2D eigenvalue weighted by Crippen LogP contribution is -2.57. The van der Waals surface area contributed by atoms with Crippen molar-refractivity contribution in [3.8, 4) is 65.1 Å². The van der Waals surface area contributed by atoms with Gasteiger partial charge in [0.25, 0.3) is 0 Å². The van der Waals surface area contributed by atoms with Gasteiger partial charge in [-0.15, -0.1) is 79.4 Å². The summed E-state index contributed by atoms with van der Waals surface area (Å²) in [6, 6.07) is 35.8. The van der Waals surface area contributed by atoms with E-state index in [-0.39, 0.29) is 113 Å². The third kappa shape index (κ3) is 25.8. The van der Waals surface area contributed by atoms with Gasteiger partial charge in [0.1, 0.15) is 50.0 Å². The molecule has 16 rings (SSSR count). The number of thiazole rings is 4. The van der Waals surface area contributed by atoms with Crippen LogP contribution in [0, 0.1) is 58.1 Å². The molecule has 0 saturated carbocycles. The molecule has 8 N–H and O–H groups in total. The van der Waals surface area contributed by atoms with E-state index in [2.05, 4.69) is 195 Å². The number of aromatic nitrogens is 4. The number of carbonyl (C=O) groups is 8. The van der Waals surface area contributed by atoms with Crippen LogP contribution in [0.15, 0.2) is 165 Å². The lowest BCUT2D eigenvalue weighted by Gasteiger charge is -2.36. The molecule has 4 saturated heterocycles. The monoisotopic (exact) mass is 2080 g/mol. The van der Waals surface area contributed by atoms with Crippen LogP contribution in [0.25, 0.3) is 70.7 Å². The quantitative estimate of drug-likeness (QED) is 0.0237. The van der Waals surface area contributed by atoms with Crippen LogP contribution in [0.5, 0.6) is 0 Å². The van der Waals surface area contributed by atoms with E-state index in [1.165, 1.54) is 56.6 Å². The molecule has 11 heterocycles. The van der Waals surface area contributed by atoms with Crippen LogP contribution in [0.3, 0.4) is 0 Å². The van der Waals surface area contributed by atoms with E-state index in [1.807, 2.05) is 126 Å². The molecule has 7 aromatic heterocycles. The number of nitrogens with one attached hydrogen (secondary N) is 8. The van der Waals surface area contributed by atoms with E-state index in [0.717, 1.165) is 101 Å². The first kappa shape index (κ1) is 111. The number of amides is 8. The zero-order chi connectivity index (χ0) is 104. The van der Waals surface area contributed by atoms with Gasteiger partial charge in [0.2, 0.25) is 47.3 Å². The highest BCUT2D eigenvalue weighted by Crippen LogP contribution is 2.50. The Hall–Kier alpha value is -10.2. The number of halogens is 1. The predicted octanol–water partition coefficient (Wildman–Crippen LogP) is 21.4.